The van der Waals surface area contributed by atoms with Crippen LogP contribution in [0.5, 0.6) is 0 Å². The van der Waals surface area contributed by atoms with Crippen LogP contribution in [-0.4, -0.2) is 5.11 Å². The van der Waals surface area contributed by atoms with Crippen molar-refractivity contribution >= 4 is 0 Å². The third-order valence-corrected chi connectivity index (χ3v) is 2.70. The number of aliphatic hydroxyl groups excluding tert-OH is 1. The highest BCUT2D eigenvalue weighted by Crippen LogP contribution is 2.34. The van der Waals surface area contributed by atoms with E-state index in [1.807, 2.05) is 31.2 Å². The van der Waals surface area contributed by atoms with E-state index in [1.54, 1.807) is 13.8 Å². The topological polar surface area (TPSA) is 44.0 Å². The molecule has 80 valence electrons. The predicted molar refractivity (Wildman–Crippen MR) is 60.2 cm³/mol. The number of nitrogens with zero attached hydrogens (tertiary/aromatic N) is 1. The largest absolute Gasteiger partial charge is 0.387 e. The number of aliphatic hydroxyl groups is 1. The van der Waals surface area contributed by atoms with E-state index in [0.29, 0.717) is 0 Å². The molecule has 0 saturated heterocycles. The second-order valence-electron chi connectivity index (χ2n) is 4.29. The van der Waals surface area contributed by atoms with Gasteiger partial charge in [0.05, 0.1) is 17.6 Å². The van der Waals surface area contributed by atoms with Crippen LogP contribution >= 0.6 is 0 Å². The smallest absolute Gasteiger partial charge is 0.0973 e. The Morgan fingerprint density at radius 2 is 2.00 bits per heavy atom. The van der Waals surface area contributed by atoms with Crippen molar-refractivity contribution in [2.75, 3.05) is 0 Å². The summed E-state index contributed by atoms with van der Waals surface area (Å²) in [6.07, 6.45) is 0.146. The van der Waals surface area contributed by atoms with E-state index in [4.69, 9.17) is 5.26 Å². The average Bonchev–Trinajstić information content (AvgIpc) is 2.28. The van der Waals surface area contributed by atoms with Crippen molar-refractivity contribution < 1.29 is 5.11 Å². The highest BCUT2D eigenvalue weighted by molar-refractivity contribution is 5.31. The second kappa shape index (κ2) is 4.46. The molecule has 0 radical (unpaired) electrons. The molecule has 0 amide bonds. The summed E-state index contributed by atoms with van der Waals surface area (Å²) in [5.41, 5.74) is 1.23. The Balaban J connectivity index is 3.12. The molecule has 1 unspecified atom stereocenters. The van der Waals surface area contributed by atoms with E-state index >= 15 is 0 Å². The zero-order chi connectivity index (χ0) is 11.5. The normalized spacial score (nSPS) is 13.3. The van der Waals surface area contributed by atoms with Crippen LogP contribution in [-0.2, 0) is 6.42 Å². The van der Waals surface area contributed by atoms with E-state index in [2.05, 4.69) is 6.07 Å². The minimum absolute atomic E-state index is 0.723. The van der Waals surface area contributed by atoms with Crippen molar-refractivity contribution in [3.05, 3.63) is 35.4 Å². The molecular formula is C13H17NO. The van der Waals surface area contributed by atoms with E-state index in [-0.39, 0.29) is 0 Å². The molecule has 1 aromatic carbocycles. The molecule has 0 aromatic heterocycles. The average molecular weight is 203 g/mol. The summed E-state index contributed by atoms with van der Waals surface area (Å²) >= 11 is 0. The van der Waals surface area contributed by atoms with Gasteiger partial charge < -0.3 is 5.11 Å². The Morgan fingerprint density at radius 1 is 1.40 bits per heavy atom. The molecule has 0 aliphatic carbocycles. The predicted octanol–water partition coefficient (Wildman–Crippen LogP) is 2.83. The molecule has 0 bridgehead atoms. The van der Waals surface area contributed by atoms with Crippen molar-refractivity contribution in [1.82, 2.24) is 0 Å². The summed E-state index contributed by atoms with van der Waals surface area (Å²) < 4.78 is 0. The molecule has 0 heterocycles. The van der Waals surface area contributed by atoms with E-state index in [0.717, 1.165) is 17.5 Å². The van der Waals surface area contributed by atoms with Crippen LogP contribution in [0.15, 0.2) is 24.3 Å². The minimum Gasteiger partial charge on any atom is -0.387 e. The molecule has 2 heteroatoms. The number of rotatable bonds is 3. The minimum atomic E-state index is -0.745. The molecule has 0 aliphatic heterocycles. The molecule has 1 aromatic rings. The van der Waals surface area contributed by atoms with Gasteiger partial charge in [0.2, 0.25) is 0 Å². The van der Waals surface area contributed by atoms with Crippen molar-refractivity contribution in [2.45, 2.75) is 33.3 Å². The van der Waals surface area contributed by atoms with E-state index < -0.39 is 11.5 Å². The zero-order valence-electron chi connectivity index (χ0n) is 9.49. The number of hydrogen-bond acceptors (Lipinski definition) is 2. The molecule has 2 nitrogen and oxygen atoms in total. The maximum atomic E-state index is 10.1. The quantitative estimate of drug-likeness (QED) is 0.821. The van der Waals surface area contributed by atoms with E-state index in [9.17, 15) is 5.11 Å². The standard InChI is InChI=1S/C13H17NO/c1-4-10-7-5-6-8-11(10)12(15)13(2,3)9-14/h5-8,12,15H,4H2,1-3H3. The maximum Gasteiger partial charge on any atom is 0.0973 e. The fourth-order valence-electron chi connectivity index (χ4n) is 1.57. The SMILES string of the molecule is CCc1ccccc1C(O)C(C)(C)C#N. The second-order valence-corrected chi connectivity index (χ2v) is 4.29. The summed E-state index contributed by atoms with van der Waals surface area (Å²) in [5, 5.41) is 19.1. The lowest BCUT2D eigenvalue weighted by atomic mass is 9.82. The van der Waals surface area contributed by atoms with E-state index in [1.165, 1.54) is 0 Å². The van der Waals surface area contributed by atoms with Crippen LogP contribution < -0.4 is 0 Å². The summed E-state index contributed by atoms with van der Waals surface area (Å²) in [7, 11) is 0. The Morgan fingerprint density at radius 3 is 2.53 bits per heavy atom. The summed E-state index contributed by atoms with van der Waals surface area (Å²) in [5.74, 6) is 0. The Labute approximate surface area is 91.2 Å². The lowest BCUT2D eigenvalue weighted by molar-refractivity contribution is 0.0860. The Bertz CT molecular complexity index is 376. The first-order valence-electron chi connectivity index (χ1n) is 5.20. The van der Waals surface area contributed by atoms with Crippen LogP contribution in [0.1, 0.15) is 38.0 Å². The molecule has 1 rings (SSSR count). The Hall–Kier alpha value is -1.33. The number of nitriles is 1. The van der Waals surface area contributed by atoms with Crippen molar-refractivity contribution in [3.63, 3.8) is 0 Å². The van der Waals surface area contributed by atoms with Gasteiger partial charge in [0.25, 0.3) is 0 Å². The van der Waals surface area contributed by atoms with Gasteiger partial charge in [-0.1, -0.05) is 31.2 Å². The fourth-order valence-corrected chi connectivity index (χ4v) is 1.57. The number of benzene rings is 1. The summed E-state index contributed by atoms with van der Waals surface area (Å²) in [6.45, 7) is 5.55. The summed E-state index contributed by atoms with van der Waals surface area (Å²) in [6, 6.07) is 9.87. The van der Waals surface area contributed by atoms with Gasteiger partial charge in [-0.2, -0.15) is 5.26 Å². The highest BCUT2D eigenvalue weighted by Gasteiger charge is 2.29. The van der Waals surface area contributed by atoms with Crippen molar-refractivity contribution in [1.29, 1.82) is 5.26 Å². The monoisotopic (exact) mass is 203 g/mol. The van der Waals surface area contributed by atoms with Gasteiger partial charge in [0.15, 0.2) is 0 Å². The van der Waals surface area contributed by atoms with Crippen LogP contribution in [0.3, 0.4) is 0 Å². The third-order valence-electron chi connectivity index (χ3n) is 2.70. The lowest BCUT2D eigenvalue weighted by Gasteiger charge is -2.25. The molecule has 1 N–H and O–H groups in total. The first-order valence-corrected chi connectivity index (χ1v) is 5.20. The van der Waals surface area contributed by atoms with Gasteiger partial charge in [-0.15, -0.1) is 0 Å². The molecule has 0 fully saturated rings. The van der Waals surface area contributed by atoms with Gasteiger partial charge in [-0.05, 0) is 31.4 Å². The molecule has 1 atom stereocenters. The van der Waals surface area contributed by atoms with Crippen LogP contribution in [0, 0.1) is 16.7 Å². The number of hydrogen-bond donors (Lipinski definition) is 1. The van der Waals surface area contributed by atoms with Gasteiger partial charge >= 0.3 is 0 Å². The van der Waals surface area contributed by atoms with Gasteiger partial charge in [0, 0.05) is 0 Å². The van der Waals surface area contributed by atoms with Crippen molar-refractivity contribution in [2.24, 2.45) is 5.41 Å². The zero-order valence-corrected chi connectivity index (χ0v) is 9.49. The fraction of sp³-hybridized carbons (Fsp3) is 0.462. The van der Waals surface area contributed by atoms with Crippen molar-refractivity contribution in [3.8, 4) is 6.07 Å². The highest BCUT2D eigenvalue weighted by atomic mass is 16.3. The van der Waals surface area contributed by atoms with Crippen LogP contribution in [0.4, 0.5) is 0 Å². The lowest BCUT2D eigenvalue weighted by Crippen LogP contribution is -2.20. The van der Waals surface area contributed by atoms with Gasteiger partial charge in [0.1, 0.15) is 0 Å². The molecule has 0 spiro atoms. The Kier molecular flexibility index (Phi) is 3.49. The first kappa shape index (κ1) is 11.7. The maximum absolute atomic E-state index is 10.1. The first-order chi connectivity index (χ1) is 7.03. The van der Waals surface area contributed by atoms with Crippen LogP contribution in [0.2, 0.25) is 0 Å². The van der Waals surface area contributed by atoms with Gasteiger partial charge in [-0.25, -0.2) is 0 Å². The van der Waals surface area contributed by atoms with Gasteiger partial charge in [-0.3, -0.25) is 0 Å². The molecular weight excluding hydrogens is 186 g/mol. The summed E-state index contributed by atoms with van der Waals surface area (Å²) in [4.78, 5) is 0. The molecule has 0 aliphatic rings. The van der Waals surface area contributed by atoms with Crippen LogP contribution in [0.25, 0.3) is 0 Å². The molecule has 0 saturated carbocycles. The third kappa shape index (κ3) is 2.37. The molecule has 15 heavy (non-hydrogen) atoms. The number of aryl methyl sites for hydroxylation is 1.